The molecular weight excluding hydrogens is 236 g/mol. The van der Waals surface area contributed by atoms with Crippen molar-refractivity contribution in [3.63, 3.8) is 0 Å². The lowest BCUT2D eigenvalue weighted by Gasteiger charge is -2.41. The highest BCUT2D eigenvalue weighted by molar-refractivity contribution is 7.99. The fraction of sp³-hybridized carbons (Fsp3) is 0.833. The Hall–Kier alpha value is -0.710. The topological polar surface area (TPSA) is 49.4 Å². The van der Waals surface area contributed by atoms with Gasteiger partial charge in [0.1, 0.15) is 5.54 Å². The van der Waals surface area contributed by atoms with Crippen molar-refractivity contribution in [3.8, 4) is 0 Å². The van der Waals surface area contributed by atoms with Gasteiger partial charge in [-0.3, -0.25) is 9.59 Å². The van der Waals surface area contributed by atoms with Crippen LogP contribution in [0.2, 0.25) is 0 Å². The van der Waals surface area contributed by atoms with Gasteiger partial charge in [0.15, 0.2) is 0 Å². The highest BCUT2D eigenvalue weighted by Crippen LogP contribution is 2.22. The molecule has 1 fully saturated rings. The van der Waals surface area contributed by atoms with Gasteiger partial charge >= 0.3 is 0 Å². The summed E-state index contributed by atoms with van der Waals surface area (Å²) < 4.78 is 0. The lowest BCUT2D eigenvalue weighted by atomic mass is 9.89. The molecule has 17 heavy (non-hydrogen) atoms. The second-order valence-corrected chi connectivity index (χ2v) is 5.65. The van der Waals surface area contributed by atoms with E-state index in [1.54, 1.807) is 16.7 Å². The number of amides is 2. The third kappa shape index (κ3) is 3.15. The standard InChI is InChI=1S/C12H22N2O2S/c1-4-12(5-2)11(16)14(7-8-17-6-3)9-10(15)13-12/h4-9H2,1-3H3,(H,13,15). The molecule has 0 aromatic rings. The van der Waals surface area contributed by atoms with E-state index in [-0.39, 0.29) is 18.4 Å². The molecule has 0 atom stereocenters. The summed E-state index contributed by atoms with van der Waals surface area (Å²) in [5.74, 6) is 1.99. The molecule has 1 rings (SSSR count). The van der Waals surface area contributed by atoms with Crippen LogP contribution in [0.15, 0.2) is 0 Å². The molecule has 1 aliphatic rings. The summed E-state index contributed by atoms with van der Waals surface area (Å²) in [6, 6.07) is 0. The Bertz CT molecular complexity index is 290. The van der Waals surface area contributed by atoms with Crippen molar-refractivity contribution in [2.24, 2.45) is 0 Å². The van der Waals surface area contributed by atoms with Crippen LogP contribution in [0.4, 0.5) is 0 Å². The van der Waals surface area contributed by atoms with Gasteiger partial charge in [-0.15, -0.1) is 0 Å². The smallest absolute Gasteiger partial charge is 0.248 e. The summed E-state index contributed by atoms with van der Waals surface area (Å²) in [7, 11) is 0. The fourth-order valence-corrected chi connectivity index (χ4v) is 2.77. The van der Waals surface area contributed by atoms with E-state index in [0.717, 1.165) is 11.5 Å². The Morgan fingerprint density at radius 1 is 1.29 bits per heavy atom. The predicted octanol–water partition coefficient (Wildman–Crippen LogP) is 1.26. The molecule has 1 heterocycles. The van der Waals surface area contributed by atoms with Gasteiger partial charge < -0.3 is 10.2 Å². The van der Waals surface area contributed by atoms with Crippen molar-refractivity contribution in [3.05, 3.63) is 0 Å². The Morgan fingerprint density at radius 3 is 2.47 bits per heavy atom. The Labute approximate surface area is 108 Å². The van der Waals surface area contributed by atoms with Crippen LogP contribution in [0.3, 0.4) is 0 Å². The summed E-state index contributed by atoms with van der Waals surface area (Å²) in [6.45, 7) is 6.88. The molecule has 0 bridgehead atoms. The quantitative estimate of drug-likeness (QED) is 0.730. The maximum Gasteiger partial charge on any atom is 0.248 e. The third-order valence-corrected chi connectivity index (χ3v) is 4.21. The molecule has 0 aromatic heterocycles. The van der Waals surface area contributed by atoms with Gasteiger partial charge in [0.05, 0.1) is 6.54 Å². The van der Waals surface area contributed by atoms with E-state index in [9.17, 15) is 9.59 Å². The highest BCUT2D eigenvalue weighted by Gasteiger charge is 2.43. The molecule has 5 heteroatoms. The fourth-order valence-electron chi connectivity index (χ4n) is 2.14. The van der Waals surface area contributed by atoms with Crippen LogP contribution < -0.4 is 5.32 Å². The van der Waals surface area contributed by atoms with Crippen molar-refractivity contribution in [2.45, 2.75) is 39.2 Å². The molecule has 1 saturated heterocycles. The number of piperazine rings is 1. The largest absolute Gasteiger partial charge is 0.340 e. The lowest BCUT2D eigenvalue weighted by Crippen LogP contribution is -2.66. The molecule has 0 aliphatic carbocycles. The first-order valence-corrected chi connectivity index (χ1v) is 7.43. The SMILES string of the molecule is CCSCCN1CC(=O)NC(CC)(CC)C1=O. The number of nitrogens with one attached hydrogen (secondary N) is 1. The minimum atomic E-state index is -0.661. The van der Waals surface area contributed by atoms with Gasteiger partial charge in [-0.25, -0.2) is 0 Å². The van der Waals surface area contributed by atoms with Crippen LogP contribution in [0.1, 0.15) is 33.6 Å². The van der Waals surface area contributed by atoms with E-state index >= 15 is 0 Å². The molecule has 1 N–H and O–H groups in total. The zero-order valence-corrected chi connectivity index (χ0v) is 11.7. The molecule has 1 aliphatic heterocycles. The average molecular weight is 258 g/mol. The zero-order chi connectivity index (χ0) is 12.9. The van der Waals surface area contributed by atoms with E-state index < -0.39 is 5.54 Å². The van der Waals surface area contributed by atoms with E-state index in [2.05, 4.69) is 12.2 Å². The number of thioether (sulfide) groups is 1. The summed E-state index contributed by atoms with van der Waals surface area (Å²) in [5.41, 5.74) is -0.661. The van der Waals surface area contributed by atoms with Crippen LogP contribution >= 0.6 is 11.8 Å². The number of hydrogen-bond donors (Lipinski definition) is 1. The van der Waals surface area contributed by atoms with Gasteiger partial charge in [-0.2, -0.15) is 11.8 Å². The first kappa shape index (κ1) is 14.4. The Morgan fingerprint density at radius 2 is 1.94 bits per heavy atom. The summed E-state index contributed by atoms with van der Waals surface area (Å²) in [5, 5.41) is 2.86. The van der Waals surface area contributed by atoms with Crippen molar-refractivity contribution in [1.29, 1.82) is 0 Å². The molecule has 0 aromatic carbocycles. The van der Waals surface area contributed by atoms with Crippen molar-refractivity contribution < 1.29 is 9.59 Å². The average Bonchev–Trinajstić information content (AvgIpc) is 2.33. The maximum atomic E-state index is 12.4. The Kier molecular flexibility index (Phi) is 5.31. The molecular formula is C12H22N2O2S. The number of nitrogens with zero attached hydrogens (tertiary/aromatic N) is 1. The Balaban J connectivity index is 2.71. The van der Waals surface area contributed by atoms with Gasteiger partial charge in [-0.1, -0.05) is 20.8 Å². The molecule has 4 nitrogen and oxygen atoms in total. The van der Waals surface area contributed by atoms with Crippen LogP contribution in [-0.4, -0.2) is 46.8 Å². The minimum absolute atomic E-state index is 0.0326. The number of carbonyl (C=O) groups excluding carboxylic acids is 2. The van der Waals surface area contributed by atoms with Crippen LogP contribution in [0.5, 0.6) is 0 Å². The lowest BCUT2D eigenvalue weighted by molar-refractivity contribution is -0.150. The zero-order valence-electron chi connectivity index (χ0n) is 10.9. The second-order valence-electron chi connectivity index (χ2n) is 4.26. The van der Waals surface area contributed by atoms with Gasteiger partial charge in [0.2, 0.25) is 11.8 Å². The first-order chi connectivity index (χ1) is 8.09. The summed E-state index contributed by atoms with van der Waals surface area (Å²) >= 11 is 1.79. The van der Waals surface area contributed by atoms with Crippen LogP contribution in [0.25, 0.3) is 0 Å². The van der Waals surface area contributed by atoms with Crippen molar-refractivity contribution in [2.75, 3.05) is 24.6 Å². The monoisotopic (exact) mass is 258 g/mol. The molecule has 0 saturated carbocycles. The van der Waals surface area contributed by atoms with E-state index in [0.29, 0.717) is 19.4 Å². The van der Waals surface area contributed by atoms with Gasteiger partial charge in [-0.05, 0) is 18.6 Å². The number of carbonyl (C=O) groups is 2. The van der Waals surface area contributed by atoms with Crippen LogP contribution in [0, 0.1) is 0 Å². The van der Waals surface area contributed by atoms with E-state index in [4.69, 9.17) is 0 Å². The van der Waals surface area contributed by atoms with Gasteiger partial charge in [0, 0.05) is 12.3 Å². The van der Waals surface area contributed by atoms with Crippen LogP contribution in [-0.2, 0) is 9.59 Å². The number of hydrogen-bond acceptors (Lipinski definition) is 3. The summed E-state index contributed by atoms with van der Waals surface area (Å²) in [6.07, 6.45) is 1.32. The van der Waals surface area contributed by atoms with E-state index in [1.165, 1.54) is 0 Å². The summed E-state index contributed by atoms with van der Waals surface area (Å²) in [4.78, 5) is 25.7. The molecule has 0 radical (unpaired) electrons. The predicted molar refractivity (Wildman–Crippen MR) is 71.0 cm³/mol. The highest BCUT2D eigenvalue weighted by atomic mass is 32.2. The van der Waals surface area contributed by atoms with Crippen molar-refractivity contribution >= 4 is 23.6 Å². The molecule has 0 unspecified atom stereocenters. The van der Waals surface area contributed by atoms with Crippen molar-refractivity contribution in [1.82, 2.24) is 10.2 Å². The second kappa shape index (κ2) is 6.28. The molecule has 0 spiro atoms. The number of rotatable bonds is 6. The molecule has 98 valence electrons. The normalized spacial score (nSPS) is 19.4. The minimum Gasteiger partial charge on any atom is -0.340 e. The van der Waals surface area contributed by atoms with Gasteiger partial charge in [0.25, 0.3) is 0 Å². The van der Waals surface area contributed by atoms with E-state index in [1.807, 2.05) is 13.8 Å². The molecule has 2 amide bonds. The third-order valence-electron chi connectivity index (χ3n) is 3.33. The maximum absolute atomic E-state index is 12.4. The first-order valence-electron chi connectivity index (χ1n) is 6.27.